The molecule has 0 saturated heterocycles. The Morgan fingerprint density at radius 3 is 2.48 bits per heavy atom. The Balaban J connectivity index is 2.33. The zero-order chi connectivity index (χ0) is 16.8. The van der Waals surface area contributed by atoms with Crippen LogP contribution in [0.5, 0.6) is 0 Å². The van der Waals surface area contributed by atoms with Crippen molar-refractivity contribution in [1.82, 2.24) is 14.6 Å². The minimum absolute atomic E-state index is 0.0143. The lowest BCUT2D eigenvalue weighted by molar-refractivity contribution is -0.142. The maximum atomic E-state index is 13.3. The van der Waals surface area contributed by atoms with E-state index in [0.29, 0.717) is 10.1 Å². The number of aromatic nitrogens is 3. The number of alkyl halides is 3. The van der Waals surface area contributed by atoms with Crippen LogP contribution in [0.2, 0.25) is 10.0 Å². The largest absolute Gasteiger partial charge is 0.433 e. The fraction of sp³-hybridized carbons (Fsp3) is 0.0714. The Labute approximate surface area is 137 Å². The highest BCUT2D eigenvalue weighted by molar-refractivity contribution is 6.42. The molecule has 116 valence electrons. The smallest absolute Gasteiger partial charge is 0.227 e. The average Bonchev–Trinajstić information content (AvgIpc) is 2.91. The minimum Gasteiger partial charge on any atom is -0.227 e. The van der Waals surface area contributed by atoms with Gasteiger partial charge in [-0.15, -0.1) is 0 Å². The molecule has 0 N–H and O–H groups in total. The van der Waals surface area contributed by atoms with Gasteiger partial charge in [0.25, 0.3) is 0 Å². The molecule has 0 spiro atoms. The van der Waals surface area contributed by atoms with Crippen LogP contribution in [0.1, 0.15) is 11.3 Å². The molecule has 0 bridgehead atoms. The van der Waals surface area contributed by atoms with Gasteiger partial charge in [-0.1, -0.05) is 29.3 Å². The number of hydrogen-bond acceptors (Lipinski definition) is 3. The molecule has 0 amide bonds. The van der Waals surface area contributed by atoms with Gasteiger partial charge < -0.3 is 0 Å². The fourth-order valence-corrected chi connectivity index (χ4v) is 2.35. The first-order chi connectivity index (χ1) is 10.8. The summed E-state index contributed by atoms with van der Waals surface area (Å²) in [6.07, 6.45) is -3.62. The van der Waals surface area contributed by atoms with Crippen LogP contribution in [0.4, 0.5) is 13.2 Å². The summed E-state index contributed by atoms with van der Waals surface area (Å²) in [4.78, 5) is 4.10. The summed E-state index contributed by atoms with van der Waals surface area (Å²) in [5, 5.41) is 13.0. The second-order valence-corrected chi connectivity index (χ2v) is 5.37. The third-order valence-electron chi connectivity index (χ3n) is 3.10. The number of nitrogens with zero attached hydrogens (tertiary/aromatic N) is 4. The second kappa shape index (κ2) is 5.41. The van der Waals surface area contributed by atoms with Crippen molar-refractivity contribution in [2.45, 2.75) is 6.18 Å². The van der Waals surface area contributed by atoms with E-state index < -0.39 is 11.9 Å². The summed E-state index contributed by atoms with van der Waals surface area (Å²) in [7, 11) is 0. The summed E-state index contributed by atoms with van der Waals surface area (Å²) in [6, 6.07) is 6.98. The molecule has 0 fully saturated rings. The molecular weight excluding hydrogens is 352 g/mol. The van der Waals surface area contributed by atoms with Gasteiger partial charge in [-0.25, -0.2) is 9.50 Å². The lowest BCUT2D eigenvalue weighted by atomic mass is 10.1. The third kappa shape index (κ3) is 2.71. The molecule has 23 heavy (non-hydrogen) atoms. The van der Waals surface area contributed by atoms with E-state index in [1.54, 1.807) is 6.07 Å². The summed E-state index contributed by atoms with van der Waals surface area (Å²) < 4.78 is 40.4. The predicted octanol–water partition coefficient (Wildman–Crippen LogP) is 4.59. The molecule has 9 heteroatoms. The Morgan fingerprint density at radius 2 is 1.87 bits per heavy atom. The van der Waals surface area contributed by atoms with Gasteiger partial charge in [0.2, 0.25) is 0 Å². The van der Waals surface area contributed by atoms with Crippen molar-refractivity contribution in [2.75, 3.05) is 0 Å². The molecule has 0 radical (unpaired) electrons. The van der Waals surface area contributed by atoms with E-state index in [-0.39, 0.29) is 26.9 Å². The summed E-state index contributed by atoms with van der Waals surface area (Å²) in [5.41, 5.74) is -0.913. The highest BCUT2D eigenvalue weighted by Crippen LogP contribution is 2.34. The normalized spacial score (nSPS) is 11.7. The van der Waals surface area contributed by atoms with Crippen LogP contribution in [0, 0.1) is 11.3 Å². The predicted molar refractivity (Wildman–Crippen MR) is 78.2 cm³/mol. The zero-order valence-corrected chi connectivity index (χ0v) is 12.6. The monoisotopic (exact) mass is 356 g/mol. The van der Waals surface area contributed by atoms with Crippen LogP contribution in [-0.2, 0) is 6.18 Å². The minimum atomic E-state index is -4.66. The van der Waals surface area contributed by atoms with Gasteiger partial charge in [0.05, 0.1) is 21.9 Å². The van der Waals surface area contributed by atoms with Crippen LogP contribution in [0.15, 0.2) is 30.5 Å². The van der Waals surface area contributed by atoms with Crippen molar-refractivity contribution in [3.05, 3.63) is 51.8 Å². The Morgan fingerprint density at radius 1 is 1.13 bits per heavy atom. The quantitative estimate of drug-likeness (QED) is 0.640. The first-order valence-corrected chi connectivity index (χ1v) is 6.88. The van der Waals surface area contributed by atoms with Crippen molar-refractivity contribution < 1.29 is 13.2 Å². The maximum absolute atomic E-state index is 13.3. The van der Waals surface area contributed by atoms with Gasteiger partial charge in [-0.3, -0.25) is 0 Å². The van der Waals surface area contributed by atoms with Gasteiger partial charge in [-0.2, -0.15) is 23.5 Å². The molecule has 0 saturated carbocycles. The number of benzene rings is 1. The van der Waals surface area contributed by atoms with E-state index in [2.05, 4.69) is 10.1 Å². The van der Waals surface area contributed by atoms with Crippen LogP contribution >= 0.6 is 23.2 Å². The van der Waals surface area contributed by atoms with Crippen molar-refractivity contribution >= 4 is 28.8 Å². The summed E-state index contributed by atoms with van der Waals surface area (Å²) in [5.74, 6) is 0. The fourth-order valence-electron chi connectivity index (χ4n) is 2.05. The highest BCUT2D eigenvalue weighted by Gasteiger charge is 2.35. The zero-order valence-electron chi connectivity index (χ0n) is 11.1. The topological polar surface area (TPSA) is 54.0 Å². The molecular formula is C14H5Cl2F3N4. The number of hydrogen-bond donors (Lipinski definition) is 0. The van der Waals surface area contributed by atoms with Crippen LogP contribution in [-0.4, -0.2) is 14.6 Å². The Bertz CT molecular complexity index is 957. The van der Waals surface area contributed by atoms with Crippen molar-refractivity contribution in [3.8, 4) is 17.3 Å². The average molecular weight is 357 g/mol. The van der Waals surface area contributed by atoms with Crippen LogP contribution in [0.3, 0.4) is 0 Å². The summed E-state index contributed by atoms with van der Waals surface area (Å²) in [6.45, 7) is 0. The van der Waals surface area contributed by atoms with Gasteiger partial charge >= 0.3 is 6.18 Å². The van der Waals surface area contributed by atoms with Gasteiger partial charge in [-0.05, 0) is 18.2 Å². The third-order valence-corrected chi connectivity index (χ3v) is 3.84. The molecule has 0 unspecified atom stereocenters. The van der Waals surface area contributed by atoms with E-state index in [9.17, 15) is 13.2 Å². The molecule has 4 nitrogen and oxygen atoms in total. The molecule has 0 atom stereocenters. The molecule has 3 aromatic rings. The second-order valence-electron chi connectivity index (χ2n) is 4.56. The van der Waals surface area contributed by atoms with Crippen molar-refractivity contribution in [2.24, 2.45) is 0 Å². The molecule has 0 aliphatic rings. The van der Waals surface area contributed by atoms with Gasteiger partial charge in [0.15, 0.2) is 11.3 Å². The molecule has 3 rings (SSSR count). The van der Waals surface area contributed by atoms with E-state index in [1.165, 1.54) is 18.2 Å². The van der Waals surface area contributed by atoms with E-state index in [4.69, 9.17) is 28.5 Å². The van der Waals surface area contributed by atoms with Crippen molar-refractivity contribution in [1.29, 1.82) is 5.26 Å². The molecule has 0 aliphatic heterocycles. The number of nitriles is 1. The van der Waals surface area contributed by atoms with Crippen molar-refractivity contribution in [3.63, 3.8) is 0 Å². The standard InChI is InChI=1S/C14H5Cl2F3N4/c15-9-2-1-7(3-10(9)16)11-4-12(14(17,18)19)23-13(22-11)8(5-20)6-21-23/h1-4,6H. The SMILES string of the molecule is N#Cc1cnn2c(C(F)(F)F)cc(-c3ccc(Cl)c(Cl)c3)nc12. The van der Waals surface area contributed by atoms with E-state index >= 15 is 0 Å². The number of fused-ring (bicyclic) bond motifs is 1. The lowest BCUT2D eigenvalue weighted by Crippen LogP contribution is -2.13. The highest BCUT2D eigenvalue weighted by atomic mass is 35.5. The lowest BCUT2D eigenvalue weighted by Gasteiger charge is -2.11. The van der Waals surface area contributed by atoms with E-state index in [0.717, 1.165) is 12.3 Å². The van der Waals surface area contributed by atoms with Gasteiger partial charge in [0.1, 0.15) is 11.6 Å². The maximum Gasteiger partial charge on any atom is 0.433 e. The first kappa shape index (κ1) is 15.6. The van der Waals surface area contributed by atoms with Crippen LogP contribution < -0.4 is 0 Å². The molecule has 2 heterocycles. The molecule has 1 aromatic carbocycles. The van der Waals surface area contributed by atoms with Crippen LogP contribution in [0.25, 0.3) is 16.9 Å². The Kier molecular flexibility index (Phi) is 3.66. The van der Waals surface area contributed by atoms with E-state index in [1.807, 2.05) is 0 Å². The number of halogens is 5. The number of rotatable bonds is 1. The van der Waals surface area contributed by atoms with Gasteiger partial charge in [0, 0.05) is 5.56 Å². The Hall–Kier alpha value is -2.30. The first-order valence-electron chi connectivity index (χ1n) is 6.13. The molecule has 2 aromatic heterocycles. The molecule has 0 aliphatic carbocycles. The summed E-state index contributed by atoms with van der Waals surface area (Å²) >= 11 is 11.7.